The minimum Gasteiger partial charge on any atom is -0.367 e. The van der Waals surface area contributed by atoms with Gasteiger partial charge in [-0.3, -0.25) is 4.79 Å². The average molecular weight is 228 g/mol. The van der Waals surface area contributed by atoms with Crippen LogP contribution in [0.15, 0.2) is 0 Å². The third-order valence-electron chi connectivity index (χ3n) is 3.20. The Bertz CT molecular complexity index is 221. The molecular formula is C12H24N2O2. The molecule has 0 bridgehead atoms. The number of hydrogen-bond acceptors (Lipinski definition) is 3. The van der Waals surface area contributed by atoms with Gasteiger partial charge < -0.3 is 15.4 Å². The molecule has 1 amide bonds. The molecule has 0 spiro atoms. The number of amides is 1. The molecule has 3 unspecified atom stereocenters. The molecule has 1 aliphatic heterocycles. The molecule has 0 saturated carbocycles. The fraction of sp³-hybridized carbons (Fsp3) is 0.917. The van der Waals surface area contributed by atoms with Crippen LogP contribution in [0.3, 0.4) is 0 Å². The van der Waals surface area contributed by atoms with Gasteiger partial charge in [0.15, 0.2) is 0 Å². The van der Waals surface area contributed by atoms with E-state index >= 15 is 0 Å². The number of carbonyl (C=O) groups excluding carboxylic acids is 1. The quantitative estimate of drug-likeness (QED) is 0.735. The second-order valence-electron chi connectivity index (χ2n) is 4.70. The van der Waals surface area contributed by atoms with Crippen molar-refractivity contribution >= 4 is 5.91 Å². The maximum absolute atomic E-state index is 11.5. The topological polar surface area (TPSA) is 50.4 Å². The summed E-state index contributed by atoms with van der Waals surface area (Å²) in [6.45, 7) is 8.33. The van der Waals surface area contributed by atoms with Crippen molar-refractivity contribution in [3.05, 3.63) is 0 Å². The second kappa shape index (κ2) is 6.86. The van der Waals surface area contributed by atoms with E-state index < -0.39 is 0 Å². The van der Waals surface area contributed by atoms with E-state index in [1.165, 1.54) is 0 Å². The summed E-state index contributed by atoms with van der Waals surface area (Å²) in [5.41, 5.74) is 0. The van der Waals surface area contributed by atoms with Gasteiger partial charge in [-0.2, -0.15) is 0 Å². The van der Waals surface area contributed by atoms with Crippen LogP contribution in [0.4, 0.5) is 0 Å². The van der Waals surface area contributed by atoms with Crippen LogP contribution >= 0.6 is 0 Å². The summed E-state index contributed by atoms with van der Waals surface area (Å²) in [4.78, 5) is 11.5. The standard InChI is InChI=1S/C12H24N2O2/c1-4-10(3)14-12(15)8-16-11-7-13-6-5-9(11)2/h9-11,13H,4-8H2,1-3H3,(H,14,15). The molecule has 1 rings (SSSR count). The Balaban J connectivity index is 2.20. The van der Waals surface area contributed by atoms with Gasteiger partial charge in [0, 0.05) is 12.6 Å². The number of hydrogen-bond donors (Lipinski definition) is 2. The SMILES string of the molecule is CCC(C)NC(=O)COC1CNCCC1C. The Morgan fingerprint density at radius 3 is 3.00 bits per heavy atom. The molecule has 4 heteroatoms. The van der Waals surface area contributed by atoms with Gasteiger partial charge in [-0.05, 0) is 32.2 Å². The van der Waals surface area contributed by atoms with Crippen molar-refractivity contribution in [1.29, 1.82) is 0 Å². The van der Waals surface area contributed by atoms with E-state index in [1.807, 2.05) is 6.92 Å². The van der Waals surface area contributed by atoms with Crippen LogP contribution in [0.1, 0.15) is 33.6 Å². The summed E-state index contributed by atoms with van der Waals surface area (Å²) in [7, 11) is 0. The molecule has 4 nitrogen and oxygen atoms in total. The molecule has 16 heavy (non-hydrogen) atoms. The summed E-state index contributed by atoms with van der Waals surface area (Å²) >= 11 is 0. The normalized spacial score (nSPS) is 27.4. The van der Waals surface area contributed by atoms with Crippen molar-refractivity contribution in [3.63, 3.8) is 0 Å². The predicted molar refractivity (Wildman–Crippen MR) is 64.3 cm³/mol. The van der Waals surface area contributed by atoms with E-state index in [1.54, 1.807) is 0 Å². The Morgan fingerprint density at radius 1 is 1.62 bits per heavy atom. The van der Waals surface area contributed by atoms with Crippen LogP contribution in [0.2, 0.25) is 0 Å². The van der Waals surface area contributed by atoms with Gasteiger partial charge in [-0.1, -0.05) is 13.8 Å². The van der Waals surface area contributed by atoms with Crippen molar-refractivity contribution in [3.8, 4) is 0 Å². The van der Waals surface area contributed by atoms with Gasteiger partial charge in [-0.15, -0.1) is 0 Å². The first-order chi connectivity index (χ1) is 7.63. The molecule has 0 aromatic carbocycles. The van der Waals surface area contributed by atoms with Crippen LogP contribution in [-0.4, -0.2) is 37.7 Å². The van der Waals surface area contributed by atoms with E-state index in [2.05, 4.69) is 24.5 Å². The van der Waals surface area contributed by atoms with E-state index in [4.69, 9.17) is 4.74 Å². The van der Waals surface area contributed by atoms with Crippen LogP contribution in [0.25, 0.3) is 0 Å². The molecule has 0 aromatic rings. The summed E-state index contributed by atoms with van der Waals surface area (Å²) in [6.07, 6.45) is 2.25. The fourth-order valence-electron chi connectivity index (χ4n) is 1.79. The zero-order valence-corrected chi connectivity index (χ0v) is 10.6. The lowest BCUT2D eigenvalue weighted by Crippen LogP contribution is -2.43. The summed E-state index contributed by atoms with van der Waals surface area (Å²) in [5.74, 6) is 0.532. The number of nitrogens with one attached hydrogen (secondary N) is 2. The Kier molecular flexibility index (Phi) is 5.77. The van der Waals surface area contributed by atoms with Gasteiger partial charge >= 0.3 is 0 Å². The third-order valence-corrected chi connectivity index (χ3v) is 3.20. The van der Waals surface area contributed by atoms with Gasteiger partial charge in [0.1, 0.15) is 6.61 Å². The lowest BCUT2D eigenvalue weighted by atomic mass is 9.97. The smallest absolute Gasteiger partial charge is 0.246 e. The number of piperidine rings is 1. The molecule has 1 heterocycles. The van der Waals surface area contributed by atoms with Crippen molar-refractivity contribution in [2.24, 2.45) is 5.92 Å². The molecule has 0 aliphatic carbocycles. The van der Waals surface area contributed by atoms with Crippen LogP contribution < -0.4 is 10.6 Å². The van der Waals surface area contributed by atoms with Gasteiger partial charge in [0.25, 0.3) is 0 Å². The number of carbonyl (C=O) groups is 1. The van der Waals surface area contributed by atoms with E-state index in [0.717, 1.165) is 25.9 Å². The molecule has 3 atom stereocenters. The van der Waals surface area contributed by atoms with Crippen LogP contribution in [-0.2, 0) is 9.53 Å². The lowest BCUT2D eigenvalue weighted by molar-refractivity contribution is -0.129. The maximum atomic E-state index is 11.5. The van der Waals surface area contributed by atoms with E-state index in [9.17, 15) is 4.79 Å². The van der Waals surface area contributed by atoms with Gasteiger partial charge in [0.2, 0.25) is 5.91 Å². The Labute approximate surface area is 98.1 Å². The highest BCUT2D eigenvalue weighted by Crippen LogP contribution is 2.14. The van der Waals surface area contributed by atoms with Crippen LogP contribution in [0, 0.1) is 5.92 Å². The minimum atomic E-state index is -0.00729. The highest BCUT2D eigenvalue weighted by molar-refractivity contribution is 5.77. The van der Waals surface area contributed by atoms with Gasteiger partial charge in [0.05, 0.1) is 6.10 Å². The summed E-state index contributed by atoms with van der Waals surface area (Å²) in [6, 6.07) is 0.234. The van der Waals surface area contributed by atoms with Gasteiger partial charge in [-0.25, -0.2) is 0 Å². The number of rotatable bonds is 5. The number of ether oxygens (including phenoxy) is 1. The summed E-state index contributed by atoms with van der Waals surface area (Å²) in [5, 5.41) is 6.18. The molecule has 1 aliphatic rings. The second-order valence-corrected chi connectivity index (χ2v) is 4.70. The molecule has 94 valence electrons. The Morgan fingerprint density at radius 2 is 2.38 bits per heavy atom. The first kappa shape index (κ1) is 13.5. The van der Waals surface area contributed by atoms with Crippen molar-refractivity contribution in [1.82, 2.24) is 10.6 Å². The lowest BCUT2D eigenvalue weighted by Gasteiger charge is -2.29. The van der Waals surface area contributed by atoms with E-state index in [0.29, 0.717) is 5.92 Å². The first-order valence-electron chi connectivity index (χ1n) is 6.25. The van der Waals surface area contributed by atoms with Crippen molar-refractivity contribution in [2.45, 2.75) is 45.8 Å². The minimum absolute atomic E-state index is 0.00729. The largest absolute Gasteiger partial charge is 0.367 e. The first-order valence-corrected chi connectivity index (χ1v) is 6.25. The molecular weight excluding hydrogens is 204 g/mol. The molecule has 0 aromatic heterocycles. The zero-order valence-electron chi connectivity index (χ0n) is 10.6. The maximum Gasteiger partial charge on any atom is 0.246 e. The zero-order chi connectivity index (χ0) is 12.0. The van der Waals surface area contributed by atoms with Crippen LogP contribution in [0.5, 0.6) is 0 Å². The van der Waals surface area contributed by atoms with Crippen molar-refractivity contribution < 1.29 is 9.53 Å². The molecule has 1 fully saturated rings. The fourth-order valence-corrected chi connectivity index (χ4v) is 1.79. The predicted octanol–water partition coefficient (Wildman–Crippen LogP) is 0.916. The third kappa shape index (κ3) is 4.49. The van der Waals surface area contributed by atoms with E-state index in [-0.39, 0.29) is 24.7 Å². The molecule has 0 radical (unpaired) electrons. The molecule has 1 saturated heterocycles. The average Bonchev–Trinajstić information content (AvgIpc) is 2.28. The monoisotopic (exact) mass is 228 g/mol. The summed E-state index contributed by atoms with van der Waals surface area (Å²) < 4.78 is 5.63. The Hall–Kier alpha value is -0.610. The highest BCUT2D eigenvalue weighted by atomic mass is 16.5. The van der Waals surface area contributed by atoms with Crippen molar-refractivity contribution in [2.75, 3.05) is 19.7 Å². The highest BCUT2D eigenvalue weighted by Gasteiger charge is 2.22. The molecule has 2 N–H and O–H groups in total.